The molecule has 7 nitrogen and oxygen atoms in total. The fourth-order valence-electron chi connectivity index (χ4n) is 5.99. The molecule has 2 heterocycles. The van der Waals surface area contributed by atoms with Crippen LogP contribution >= 0.6 is 11.6 Å². The zero-order chi connectivity index (χ0) is 26.0. The third kappa shape index (κ3) is 5.81. The molecule has 2 fully saturated rings. The SMILES string of the molecule is CNC(C)C(=O)CC(C(=O)N1CCCC1Cn1cc(S(C)(=O)=O)c2cc(Cl)ccc21)C1CCCCC1. The third-order valence-corrected chi connectivity index (χ3v) is 9.51. The Hall–Kier alpha value is -1.90. The molecule has 1 aliphatic heterocycles. The number of likely N-dealkylation sites (tertiary alicyclic amines) is 1. The number of sulfone groups is 1. The van der Waals surface area contributed by atoms with Crippen LogP contribution in [0.3, 0.4) is 0 Å². The number of fused-ring (bicyclic) bond motifs is 1. The molecule has 3 atom stereocenters. The Kier molecular flexibility index (Phi) is 8.47. The number of benzene rings is 1. The molecule has 4 rings (SSSR count). The van der Waals surface area contributed by atoms with Crippen molar-refractivity contribution in [3.63, 3.8) is 0 Å². The van der Waals surface area contributed by atoms with Crippen molar-refractivity contribution in [3.05, 3.63) is 29.4 Å². The van der Waals surface area contributed by atoms with Gasteiger partial charge in [-0.05, 0) is 63.8 Å². The highest BCUT2D eigenvalue weighted by molar-refractivity contribution is 7.91. The molecule has 9 heteroatoms. The van der Waals surface area contributed by atoms with Gasteiger partial charge in [-0.15, -0.1) is 0 Å². The van der Waals surface area contributed by atoms with Crippen molar-refractivity contribution < 1.29 is 18.0 Å². The van der Waals surface area contributed by atoms with Crippen LogP contribution < -0.4 is 5.32 Å². The maximum absolute atomic E-state index is 14.0. The summed E-state index contributed by atoms with van der Waals surface area (Å²) in [6.07, 6.45) is 10.3. The molecular formula is C27H38ClN3O4S. The number of hydrogen-bond donors (Lipinski definition) is 1. The van der Waals surface area contributed by atoms with Crippen LogP contribution in [0.15, 0.2) is 29.3 Å². The van der Waals surface area contributed by atoms with Gasteiger partial charge in [0.1, 0.15) is 5.78 Å². The summed E-state index contributed by atoms with van der Waals surface area (Å²) in [6.45, 7) is 3.04. The molecule has 3 unspecified atom stereocenters. The molecule has 2 aliphatic rings. The number of nitrogens with zero attached hydrogens (tertiary/aromatic N) is 2. The topological polar surface area (TPSA) is 88.5 Å². The average molecular weight is 536 g/mol. The zero-order valence-electron chi connectivity index (χ0n) is 21.5. The lowest BCUT2D eigenvalue weighted by Crippen LogP contribution is -2.45. The summed E-state index contributed by atoms with van der Waals surface area (Å²) < 4.78 is 26.9. The monoisotopic (exact) mass is 535 g/mol. The highest BCUT2D eigenvalue weighted by atomic mass is 35.5. The summed E-state index contributed by atoms with van der Waals surface area (Å²) >= 11 is 6.18. The highest BCUT2D eigenvalue weighted by Crippen LogP contribution is 2.36. The van der Waals surface area contributed by atoms with Crippen LogP contribution in [0.2, 0.25) is 5.02 Å². The van der Waals surface area contributed by atoms with Gasteiger partial charge in [0.2, 0.25) is 5.91 Å². The fraction of sp³-hybridized carbons (Fsp3) is 0.630. The van der Waals surface area contributed by atoms with E-state index < -0.39 is 9.84 Å². The summed E-state index contributed by atoms with van der Waals surface area (Å²) in [4.78, 5) is 29.1. The Balaban J connectivity index is 1.61. The number of Topliss-reactive ketones (excluding diaryl/α,β-unsaturated/α-hetero) is 1. The molecular weight excluding hydrogens is 498 g/mol. The summed E-state index contributed by atoms with van der Waals surface area (Å²) in [6, 6.07) is 4.98. The van der Waals surface area contributed by atoms with E-state index in [2.05, 4.69) is 5.32 Å². The largest absolute Gasteiger partial charge is 0.344 e. The first kappa shape index (κ1) is 27.1. The predicted octanol–water partition coefficient (Wildman–Crippen LogP) is 4.45. The van der Waals surface area contributed by atoms with Gasteiger partial charge in [0, 0.05) is 59.8 Å². The number of amides is 1. The van der Waals surface area contributed by atoms with E-state index in [1.165, 1.54) is 12.7 Å². The van der Waals surface area contributed by atoms with E-state index >= 15 is 0 Å². The summed E-state index contributed by atoms with van der Waals surface area (Å²) in [5.74, 6) is 0.125. The van der Waals surface area contributed by atoms with E-state index in [9.17, 15) is 18.0 Å². The molecule has 2 aromatic rings. The fourth-order valence-corrected chi connectivity index (χ4v) is 7.04. The number of aromatic nitrogens is 1. The summed E-state index contributed by atoms with van der Waals surface area (Å²) in [5, 5.41) is 4.11. The van der Waals surface area contributed by atoms with Gasteiger partial charge in [-0.25, -0.2) is 8.42 Å². The second-order valence-corrected chi connectivity index (χ2v) is 13.0. The number of ketones is 1. The molecule has 0 radical (unpaired) electrons. The molecule has 0 bridgehead atoms. The van der Waals surface area contributed by atoms with Crippen molar-refractivity contribution in [2.75, 3.05) is 19.8 Å². The van der Waals surface area contributed by atoms with Crippen LogP contribution in [-0.2, 0) is 26.0 Å². The normalized spacial score (nSPS) is 21.1. The first-order valence-electron chi connectivity index (χ1n) is 13.1. The molecule has 1 aromatic carbocycles. The molecule has 1 saturated carbocycles. The Morgan fingerprint density at radius 3 is 2.53 bits per heavy atom. The maximum Gasteiger partial charge on any atom is 0.226 e. The van der Waals surface area contributed by atoms with Crippen molar-refractivity contribution in [1.29, 1.82) is 0 Å². The van der Waals surface area contributed by atoms with Crippen LogP contribution in [0.25, 0.3) is 10.9 Å². The Morgan fingerprint density at radius 2 is 1.86 bits per heavy atom. The maximum atomic E-state index is 14.0. The first-order chi connectivity index (χ1) is 17.1. The number of rotatable bonds is 9. The molecule has 1 N–H and O–H groups in total. The number of carbonyl (C=O) groups excluding carboxylic acids is 2. The van der Waals surface area contributed by atoms with E-state index in [0.717, 1.165) is 44.0 Å². The van der Waals surface area contributed by atoms with Gasteiger partial charge in [0.25, 0.3) is 0 Å². The summed E-state index contributed by atoms with van der Waals surface area (Å²) in [5.41, 5.74) is 0.793. The quantitative estimate of drug-likeness (QED) is 0.512. The molecule has 198 valence electrons. The van der Waals surface area contributed by atoms with E-state index in [1.807, 2.05) is 22.5 Å². The average Bonchev–Trinajstić information content (AvgIpc) is 3.46. The Morgan fingerprint density at radius 1 is 1.14 bits per heavy atom. The number of halogens is 1. The predicted molar refractivity (Wildman–Crippen MR) is 143 cm³/mol. The minimum atomic E-state index is -3.44. The van der Waals surface area contributed by atoms with Gasteiger partial charge < -0.3 is 14.8 Å². The number of likely N-dealkylation sites (N-methyl/N-ethyl adjacent to an activating group) is 1. The van der Waals surface area contributed by atoms with E-state index in [0.29, 0.717) is 23.5 Å². The Labute approximate surface area is 219 Å². The van der Waals surface area contributed by atoms with E-state index in [4.69, 9.17) is 11.6 Å². The number of nitrogens with one attached hydrogen (secondary N) is 1. The first-order valence-corrected chi connectivity index (χ1v) is 15.4. The number of carbonyl (C=O) groups is 2. The van der Waals surface area contributed by atoms with Crippen molar-refractivity contribution in [2.45, 2.75) is 81.8 Å². The van der Waals surface area contributed by atoms with Gasteiger partial charge in [-0.2, -0.15) is 0 Å². The molecule has 0 spiro atoms. The molecule has 36 heavy (non-hydrogen) atoms. The minimum Gasteiger partial charge on any atom is -0.344 e. The van der Waals surface area contributed by atoms with Gasteiger partial charge in [0.15, 0.2) is 9.84 Å². The number of hydrogen-bond acceptors (Lipinski definition) is 5. The van der Waals surface area contributed by atoms with E-state index in [-0.39, 0.29) is 46.9 Å². The standard InChI is InChI=1S/C27H38ClN3O4S/c1-18(29-2)25(32)15-22(19-8-5-4-6-9-19)27(33)31-13-7-10-21(31)16-30-17-26(36(3,34)35)23-14-20(28)11-12-24(23)30/h11-12,14,17-19,21-22,29H,4-10,13,15-16H2,1-3H3. The molecule has 1 saturated heterocycles. The van der Waals surface area contributed by atoms with Crippen LogP contribution in [0, 0.1) is 11.8 Å². The van der Waals surface area contributed by atoms with E-state index in [1.54, 1.807) is 25.4 Å². The molecule has 1 aromatic heterocycles. The van der Waals surface area contributed by atoms with Gasteiger partial charge in [0.05, 0.1) is 10.9 Å². The van der Waals surface area contributed by atoms with Crippen molar-refractivity contribution in [1.82, 2.24) is 14.8 Å². The van der Waals surface area contributed by atoms with Crippen LogP contribution in [0.5, 0.6) is 0 Å². The Bertz CT molecular complexity index is 1220. The second kappa shape index (κ2) is 11.2. The lowest BCUT2D eigenvalue weighted by molar-refractivity contribution is -0.141. The third-order valence-electron chi connectivity index (χ3n) is 8.15. The smallest absolute Gasteiger partial charge is 0.226 e. The van der Waals surface area contributed by atoms with Gasteiger partial charge in [-0.1, -0.05) is 30.9 Å². The van der Waals surface area contributed by atoms with Crippen molar-refractivity contribution >= 4 is 44.0 Å². The van der Waals surface area contributed by atoms with Crippen molar-refractivity contribution in [3.8, 4) is 0 Å². The molecule has 1 aliphatic carbocycles. The van der Waals surface area contributed by atoms with Crippen LogP contribution in [0.4, 0.5) is 0 Å². The van der Waals surface area contributed by atoms with Crippen molar-refractivity contribution in [2.24, 2.45) is 11.8 Å². The minimum absolute atomic E-state index is 0.0425. The lowest BCUT2D eigenvalue weighted by atomic mass is 9.76. The van der Waals surface area contributed by atoms with Crippen LogP contribution in [0.1, 0.15) is 58.3 Å². The lowest BCUT2D eigenvalue weighted by Gasteiger charge is -2.35. The van der Waals surface area contributed by atoms with Gasteiger partial charge in [-0.3, -0.25) is 9.59 Å². The van der Waals surface area contributed by atoms with Gasteiger partial charge >= 0.3 is 0 Å². The molecule has 1 amide bonds. The second-order valence-electron chi connectivity index (χ2n) is 10.6. The zero-order valence-corrected chi connectivity index (χ0v) is 23.1. The summed E-state index contributed by atoms with van der Waals surface area (Å²) in [7, 11) is -1.67. The van der Waals surface area contributed by atoms with Crippen LogP contribution in [-0.4, -0.2) is 61.5 Å². The highest BCUT2D eigenvalue weighted by Gasteiger charge is 2.39.